The van der Waals surface area contributed by atoms with Crippen LogP contribution >= 0.6 is 12.2 Å². The third kappa shape index (κ3) is 3.86. The summed E-state index contributed by atoms with van der Waals surface area (Å²) < 4.78 is 5.48. The van der Waals surface area contributed by atoms with Gasteiger partial charge in [-0.1, -0.05) is 48.0 Å². The second kappa shape index (κ2) is 6.17. The number of rotatable bonds is 3. The topological polar surface area (TPSA) is 21.3 Å². The van der Waals surface area contributed by atoms with E-state index in [1.807, 2.05) is 61.5 Å². The van der Waals surface area contributed by atoms with Crippen LogP contribution in [0.25, 0.3) is 0 Å². The molecule has 92 valence electrons. The Morgan fingerprint density at radius 1 is 1.06 bits per heavy atom. The van der Waals surface area contributed by atoms with E-state index in [1.54, 1.807) is 0 Å². The van der Waals surface area contributed by atoms with Gasteiger partial charge in [0.2, 0.25) is 0 Å². The van der Waals surface area contributed by atoms with Crippen molar-refractivity contribution in [3.05, 3.63) is 65.7 Å². The number of aryl methyl sites for hydroxylation is 1. The van der Waals surface area contributed by atoms with Crippen LogP contribution < -0.4 is 5.32 Å². The molecule has 0 unspecified atom stereocenters. The van der Waals surface area contributed by atoms with E-state index in [1.165, 1.54) is 5.56 Å². The molecule has 18 heavy (non-hydrogen) atoms. The van der Waals surface area contributed by atoms with Gasteiger partial charge in [-0.3, -0.25) is 0 Å². The number of nitrogens with one attached hydrogen (secondary N) is 1. The highest BCUT2D eigenvalue weighted by Crippen LogP contribution is 2.09. The van der Waals surface area contributed by atoms with Crippen molar-refractivity contribution in [3.8, 4) is 0 Å². The van der Waals surface area contributed by atoms with E-state index >= 15 is 0 Å². The van der Waals surface area contributed by atoms with Crippen molar-refractivity contribution in [1.29, 1.82) is 0 Å². The number of hydrogen-bond donors (Lipinski definition) is 1. The summed E-state index contributed by atoms with van der Waals surface area (Å²) in [6.45, 7) is 2.53. The maximum absolute atomic E-state index is 5.48. The highest BCUT2D eigenvalue weighted by Gasteiger charge is 1.99. The van der Waals surface area contributed by atoms with Gasteiger partial charge >= 0.3 is 0 Å². The predicted octanol–water partition coefficient (Wildman–Crippen LogP) is 3.91. The van der Waals surface area contributed by atoms with Crippen LogP contribution in [0.4, 0.5) is 5.69 Å². The zero-order valence-electron chi connectivity index (χ0n) is 10.2. The number of thiocarbonyl (C=S) groups is 1. The molecule has 0 amide bonds. The van der Waals surface area contributed by atoms with Crippen LogP contribution in [0.1, 0.15) is 11.1 Å². The Bertz CT molecular complexity index is 508. The molecule has 1 N–H and O–H groups in total. The van der Waals surface area contributed by atoms with Crippen LogP contribution in [-0.4, -0.2) is 5.17 Å². The zero-order chi connectivity index (χ0) is 12.8. The molecule has 0 spiro atoms. The molecule has 0 aliphatic heterocycles. The second-order valence-corrected chi connectivity index (χ2v) is 4.42. The summed E-state index contributed by atoms with van der Waals surface area (Å²) in [5, 5.41) is 3.44. The van der Waals surface area contributed by atoms with Crippen LogP contribution in [0.5, 0.6) is 0 Å². The van der Waals surface area contributed by atoms with Gasteiger partial charge in [0.15, 0.2) is 0 Å². The summed E-state index contributed by atoms with van der Waals surface area (Å²) in [5.74, 6) is 0. The van der Waals surface area contributed by atoms with Crippen LogP contribution in [-0.2, 0) is 11.3 Å². The summed E-state index contributed by atoms with van der Waals surface area (Å²) >= 11 is 5.13. The first-order valence-corrected chi connectivity index (χ1v) is 6.19. The molecular weight excluding hydrogens is 242 g/mol. The fourth-order valence-electron chi connectivity index (χ4n) is 1.51. The van der Waals surface area contributed by atoms with Gasteiger partial charge < -0.3 is 10.1 Å². The highest BCUT2D eigenvalue weighted by atomic mass is 32.1. The monoisotopic (exact) mass is 257 g/mol. The molecule has 3 heteroatoms. The minimum absolute atomic E-state index is 0.391. The number of hydrogen-bond acceptors (Lipinski definition) is 2. The fraction of sp³-hybridized carbons (Fsp3) is 0.133. The average molecular weight is 257 g/mol. The summed E-state index contributed by atoms with van der Waals surface area (Å²) in [4.78, 5) is 0. The SMILES string of the molecule is Cc1ccc(NC(=S)OCc2ccccc2)cc1. The maximum atomic E-state index is 5.48. The Kier molecular flexibility index (Phi) is 4.31. The van der Waals surface area contributed by atoms with Crippen LogP contribution in [0.3, 0.4) is 0 Å². The molecule has 0 heterocycles. The summed E-state index contributed by atoms with van der Waals surface area (Å²) in [7, 11) is 0. The molecule has 0 aliphatic rings. The molecule has 0 saturated heterocycles. The lowest BCUT2D eigenvalue weighted by atomic mass is 10.2. The summed E-state index contributed by atoms with van der Waals surface area (Å²) in [6.07, 6.45) is 0. The van der Waals surface area contributed by atoms with E-state index in [9.17, 15) is 0 Å². The van der Waals surface area contributed by atoms with Crippen LogP contribution in [0.2, 0.25) is 0 Å². The fourth-order valence-corrected chi connectivity index (χ4v) is 1.69. The van der Waals surface area contributed by atoms with Crippen molar-refractivity contribution in [2.45, 2.75) is 13.5 Å². The van der Waals surface area contributed by atoms with Gasteiger partial charge in [0.25, 0.3) is 5.17 Å². The molecule has 0 bridgehead atoms. The Labute approximate surface area is 113 Å². The standard InChI is InChI=1S/C15H15NOS/c1-12-7-9-14(10-8-12)16-15(18)17-11-13-5-3-2-4-6-13/h2-10H,11H2,1H3,(H,16,18). The van der Waals surface area contributed by atoms with E-state index in [4.69, 9.17) is 17.0 Å². The van der Waals surface area contributed by atoms with Crippen molar-refractivity contribution < 1.29 is 4.74 Å². The molecule has 0 aliphatic carbocycles. The smallest absolute Gasteiger partial charge is 0.261 e. The van der Waals surface area contributed by atoms with Crippen LogP contribution in [0, 0.1) is 6.92 Å². The first kappa shape index (κ1) is 12.6. The molecular formula is C15H15NOS. The van der Waals surface area contributed by atoms with Gasteiger partial charge in [-0.15, -0.1) is 0 Å². The maximum Gasteiger partial charge on any atom is 0.261 e. The third-order valence-electron chi connectivity index (χ3n) is 2.51. The van der Waals surface area contributed by atoms with Gasteiger partial charge in [-0.2, -0.15) is 0 Å². The normalized spacial score (nSPS) is 9.83. The number of anilines is 1. The first-order valence-electron chi connectivity index (χ1n) is 5.78. The Hall–Kier alpha value is -1.87. The molecule has 0 saturated carbocycles. The zero-order valence-corrected chi connectivity index (χ0v) is 11.0. The van der Waals surface area contributed by atoms with Gasteiger partial charge in [0.1, 0.15) is 6.61 Å². The first-order chi connectivity index (χ1) is 8.74. The second-order valence-electron chi connectivity index (χ2n) is 4.05. The highest BCUT2D eigenvalue weighted by molar-refractivity contribution is 7.80. The third-order valence-corrected chi connectivity index (χ3v) is 2.73. The van der Waals surface area contributed by atoms with E-state index < -0.39 is 0 Å². The van der Waals surface area contributed by atoms with E-state index in [0.29, 0.717) is 11.8 Å². The largest absolute Gasteiger partial charge is 0.466 e. The summed E-state index contributed by atoms with van der Waals surface area (Å²) in [5.41, 5.74) is 3.26. The molecule has 0 atom stereocenters. The molecule has 0 aromatic heterocycles. The minimum Gasteiger partial charge on any atom is -0.466 e. The minimum atomic E-state index is 0.391. The van der Waals surface area contributed by atoms with Gasteiger partial charge in [-0.25, -0.2) is 0 Å². The van der Waals surface area contributed by atoms with Crippen LogP contribution in [0.15, 0.2) is 54.6 Å². The lowest BCUT2D eigenvalue weighted by Gasteiger charge is -2.10. The molecule has 2 aromatic rings. The number of benzene rings is 2. The molecule has 2 nitrogen and oxygen atoms in total. The predicted molar refractivity (Wildman–Crippen MR) is 78.6 cm³/mol. The lowest BCUT2D eigenvalue weighted by Crippen LogP contribution is -2.13. The Balaban J connectivity index is 1.84. The Morgan fingerprint density at radius 2 is 1.72 bits per heavy atom. The molecule has 2 aromatic carbocycles. The van der Waals surface area contributed by atoms with E-state index in [0.717, 1.165) is 11.3 Å². The molecule has 0 fully saturated rings. The molecule has 0 radical (unpaired) electrons. The van der Waals surface area contributed by atoms with E-state index in [-0.39, 0.29) is 0 Å². The summed E-state index contributed by atoms with van der Waals surface area (Å²) in [6, 6.07) is 18.0. The quantitative estimate of drug-likeness (QED) is 0.842. The Morgan fingerprint density at radius 3 is 2.39 bits per heavy atom. The van der Waals surface area contributed by atoms with Crippen molar-refractivity contribution in [1.82, 2.24) is 0 Å². The van der Waals surface area contributed by atoms with Crippen molar-refractivity contribution in [2.75, 3.05) is 5.32 Å². The molecule has 2 rings (SSSR count). The van der Waals surface area contributed by atoms with Gasteiger partial charge in [0, 0.05) is 5.69 Å². The van der Waals surface area contributed by atoms with E-state index in [2.05, 4.69) is 5.32 Å². The van der Waals surface area contributed by atoms with Gasteiger partial charge in [-0.05, 0) is 36.8 Å². The van der Waals surface area contributed by atoms with Gasteiger partial charge in [0.05, 0.1) is 0 Å². The van der Waals surface area contributed by atoms with Crippen molar-refractivity contribution >= 4 is 23.1 Å². The number of ether oxygens (including phenoxy) is 1. The van der Waals surface area contributed by atoms with Crippen molar-refractivity contribution in [3.63, 3.8) is 0 Å². The lowest BCUT2D eigenvalue weighted by molar-refractivity contribution is 0.300. The van der Waals surface area contributed by atoms with Crippen molar-refractivity contribution in [2.24, 2.45) is 0 Å². The average Bonchev–Trinajstić information content (AvgIpc) is 2.40.